The van der Waals surface area contributed by atoms with Crippen LogP contribution in [0, 0.1) is 0 Å². The van der Waals surface area contributed by atoms with Gasteiger partial charge < -0.3 is 10.7 Å². The number of halogens is 1. The van der Waals surface area contributed by atoms with Crippen molar-refractivity contribution in [3.05, 3.63) is 51.4 Å². The van der Waals surface area contributed by atoms with E-state index in [4.69, 9.17) is 17.3 Å². The first kappa shape index (κ1) is 14.1. The molecule has 0 aliphatic rings. The lowest BCUT2D eigenvalue weighted by molar-refractivity contribution is 0.738. The van der Waals surface area contributed by atoms with Crippen molar-refractivity contribution in [1.82, 2.24) is 9.97 Å². The maximum atomic E-state index is 11.2. The molecule has 0 saturated carbocycles. The molecule has 100 valence electrons. The summed E-state index contributed by atoms with van der Waals surface area (Å²) >= 11 is 7.57. The second-order valence-electron chi connectivity index (χ2n) is 4.28. The van der Waals surface area contributed by atoms with Crippen molar-refractivity contribution >= 4 is 23.4 Å². The lowest BCUT2D eigenvalue weighted by atomic mass is 10.1. The first-order chi connectivity index (χ1) is 9.04. The Balaban J connectivity index is 2.18. The molecule has 1 atom stereocenters. The topological polar surface area (TPSA) is 71.8 Å². The Bertz CT molecular complexity index is 627. The van der Waals surface area contributed by atoms with Crippen LogP contribution in [0.5, 0.6) is 0 Å². The molecule has 1 aromatic carbocycles. The van der Waals surface area contributed by atoms with E-state index in [-0.39, 0.29) is 11.6 Å². The third-order valence-corrected chi connectivity index (χ3v) is 3.67. The highest BCUT2D eigenvalue weighted by Gasteiger charge is 2.06. The van der Waals surface area contributed by atoms with Crippen LogP contribution in [-0.4, -0.2) is 16.0 Å². The Morgan fingerprint density at radius 1 is 1.47 bits per heavy atom. The third-order valence-electron chi connectivity index (χ3n) is 2.43. The molecule has 0 fully saturated rings. The molecule has 2 rings (SSSR count). The van der Waals surface area contributed by atoms with Crippen LogP contribution in [0.15, 0.2) is 45.3 Å². The molecule has 0 bridgehead atoms. The molecule has 0 aliphatic carbocycles. The zero-order valence-corrected chi connectivity index (χ0v) is 12.0. The number of nitrogens with one attached hydrogen (secondary N) is 1. The van der Waals surface area contributed by atoms with Gasteiger partial charge in [-0.3, -0.25) is 4.79 Å². The van der Waals surface area contributed by atoms with Crippen LogP contribution >= 0.6 is 23.4 Å². The summed E-state index contributed by atoms with van der Waals surface area (Å²) in [5.41, 5.74) is 6.61. The van der Waals surface area contributed by atoms with Gasteiger partial charge in [0.1, 0.15) is 0 Å². The third kappa shape index (κ3) is 4.09. The van der Waals surface area contributed by atoms with Gasteiger partial charge in [-0.25, -0.2) is 4.98 Å². The van der Waals surface area contributed by atoms with E-state index >= 15 is 0 Å². The predicted octanol–water partition coefficient (Wildman–Crippen LogP) is 2.46. The molecular formula is C13H14ClN3OS. The Hall–Kier alpha value is -1.30. The molecule has 6 heteroatoms. The Morgan fingerprint density at radius 2 is 2.26 bits per heavy atom. The number of benzene rings is 1. The predicted molar refractivity (Wildman–Crippen MR) is 77.8 cm³/mol. The zero-order chi connectivity index (χ0) is 13.8. The monoisotopic (exact) mass is 295 g/mol. The van der Waals surface area contributed by atoms with Gasteiger partial charge in [0.2, 0.25) is 0 Å². The summed E-state index contributed by atoms with van der Waals surface area (Å²) in [5, 5.41) is 1.23. The summed E-state index contributed by atoms with van der Waals surface area (Å²) in [5.74, 6) is 0. The second-order valence-corrected chi connectivity index (χ2v) is 5.75. The fourth-order valence-electron chi connectivity index (χ4n) is 1.62. The van der Waals surface area contributed by atoms with Crippen LogP contribution in [0.2, 0.25) is 5.02 Å². The maximum absolute atomic E-state index is 11.2. The summed E-state index contributed by atoms with van der Waals surface area (Å²) in [4.78, 5) is 18.8. The number of hydrogen-bond acceptors (Lipinski definition) is 4. The number of hydrogen-bond donors (Lipinski definition) is 2. The molecule has 2 aromatic rings. The van der Waals surface area contributed by atoms with Crippen LogP contribution in [0.1, 0.15) is 12.5 Å². The molecule has 3 N–H and O–H groups in total. The van der Waals surface area contributed by atoms with E-state index in [0.717, 1.165) is 16.9 Å². The molecule has 0 aliphatic heterocycles. The van der Waals surface area contributed by atoms with E-state index < -0.39 is 0 Å². The van der Waals surface area contributed by atoms with E-state index in [2.05, 4.69) is 9.97 Å². The van der Waals surface area contributed by atoms with Gasteiger partial charge in [0, 0.05) is 28.2 Å². The van der Waals surface area contributed by atoms with Gasteiger partial charge in [0.05, 0.1) is 0 Å². The van der Waals surface area contributed by atoms with Crippen LogP contribution in [-0.2, 0) is 6.42 Å². The lowest BCUT2D eigenvalue weighted by Crippen LogP contribution is -2.17. The minimum Gasteiger partial charge on any atom is -0.328 e. The fourth-order valence-corrected chi connectivity index (χ4v) is 2.74. The molecule has 0 amide bonds. The summed E-state index contributed by atoms with van der Waals surface area (Å²) in [6.45, 7) is 1.94. The van der Waals surface area contributed by atoms with Crippen molar-refractivity contribution in [3.63, 3.8) is 0 Å². The van der Waals surface area contributed by atoms with Gasteiger partial charge in [0.15, 0.2) is 5.16 Å². The molecule has 0 saturated heterocycles. The summed E-state index contributed by atoms with van der Waals surface area (Å²) < 4.78 is 0. The van der Waals surface area contributed by atoms with Crippen LogP contribution in [0.3, 0.4) is 0 Å². The Kier molecular flexibility index (Phi) is 4.63. The van der Waals surface area contributed by atoms with E-state index in [1.807, 2.05) is 25.1 Å². The average molecular weight is 296 g/mol. The minimum absolute atomic E-state index is 0.0724. The number of H-pyrrole nitrogens is 1. The van der Waals surface area contributed by atoms with Gasteiger partial charge in [-0.05, 0) is 31.0 Å². The van der Waals surface area contributed by atoms with E-state index in [1.54, 1.807) is 0 Å². The number of nitrogens with two attached hydrogens (primary N) is 1. The average Bonchev–Trinajstić information content (AvgIpc) is 2.32. The highest BCUT2D eigenvalue weighted by Crippen LogP contribution is 2.28. The molecule has 0 radical (unpaired) electrons. The standard InChI is InChI=1S/C13H14ClN3OS/c1-8(15)6-9-2-3-10(7-11(9)14)19-13-16-5-4-12(18)17-13/h2-5,7-8H,6,15H2,1H3,(H,16,17,18). The number of aromatic amines is 1. The van der Waals surface area contributed by atoms with Gasteiger partial charge in [0.25, 0.3) is 5.56 Å². The van der Waals surface area contributed by atoms with Gasteiger partial charge in [-0.2, -0.15) is 0 Å². The number of nitrogens with zero attached hydrogens (tertiary/aromatic N) is 1. The quantitative estimate of drug-likeness (QED) is 0.850. The van der Waals surface area contributed by atoms with Crippen molar-refractivity contribution in [1.29, 1.82) is 0 Å². The number of rotatable bonds is 4. The molecule has 1 heterocycles. The van der Waals surface area contributed by atoms with Gasteiger partial charge >= 0.3 is 0 Å². The van der Waals surface area contributed by atoms with Gasteiger partial charge in [-0.1, -0.05) is 29.4 Å². The lowest BCUT2D eigenvalue weighted by Gasteiger charge is -2.08. The highest BCUT2D eigenvalue weighted by molar-refractivity contribution is 7.99. The molecule has 19 heavy (non-hydrogen) atoms. The molecule has 0 spiro atoms. The maximum Gasteiger partial charge on any atom is 0.251 e. The van der Waals surface area contributed by atoms with Crippen molar-refractivity contribution in [2.24, 2.45) is 5.73 Å². The highest BCUT2D eigenvalue weighted by atomic mass is 35.5. The Morgan fingerprint density at radius 3 is 2.89 bits per heavy atom. The van der Waals surface area contributed by atoms with E-state index in [1.165, 1.54) is 24.0 Å². The van der Waals surface area contributed by atoms with Crippen molar-refractivity contribution in [2.75, 3.05) is 0 Å². The van der Waals surface area contributed by atoms with Crippen LogP contribution in [0.4, 0.5) is 0 Å². The van der Waals surface area contributed by atoms with Crippen LogP contribution in [0.25, 0.3) is 0 Å². The fraction of sp³-hybridized carbons (Fsp3) is 0.231. The zero-order valence-electron chi connectivity index (χ0n) is 10.4. The van der Waals surface area contributed by atoms with E-state index in [9.17, 15) is 4.79 Å². The van der Waals surface area contributed by atoms with Crippen LogP contribution < -0.4 is 11.3 Å². The Labute approximate surface area is 120 Å². The first-order valence-electron chi connectivity index (χ1n) is 5.82. The van der Waals surface area contributed by atoms with Gasteiger partial charge in [-0.15, -0.1) is 0 Å². The molecule has 1 aromatic heterocycles. The van der Waals surface area contributed by atoms with Crippen molar-refractivity contribution in [2.45, 2.75) is 29.4 Å². The second kappa shape index (κ2) is 6.23. The molecule has 1 unspecified atom stereocenters. The minimum atomic E-state index is -0.169. The van der Waals surface area contributed by atoms with Crippen molar-refractivity contribution < 1.29 is 0 Å². The number of aromatic nitrogens is 2. The first-order valence-corrected chi connectivity index (χ1v) is 7.01. The summed E-state index contributed by atoms with van der Waals surface area (Å²) in [7, 11) is 0. The van der Waals surface area contributed by atoms with E-state index in [0.29, 0.717) is 10.2 Å². The smallest absolute Gasteiger partial charge is 0.251 e. The molecule has 4 nitrogen and oxygen atoms in total. The summed E-state index contributed by atoms with van der Waals surface area (Å²) in [6, 6.07) is 7.21. The molecular weight excluding hydrogens is 282 g/mol. The summed E-state index contributed by atoms with van der Waals surface area (Å²) in [6.07, 6.45) is 2.22. The SMILES string of the molecule is CC(N)Cc1ccc(Sc2nccc(=O)[nH]2)cc1Cl. The largest absolute Gasteiger partial charge is 0.328 e. The normalized spacial score (nSPS) is 12.4. The van der Waals surface area contributed by atoms with Crippen molar-refractivity contribution in [3.8, 4) is 0 Å².